The molecule has 0 aromatic heterocycles. The Hall–Kier alpha value is -1.14. The first kappa shape index (κ1) is 13.9. The number of likely N-dealkylation sites (tertiary alicyclic amines) is 1. The van der Waals surface area contributed by atoms with Crippen LogP contribution >= 0.6 is 0 Å². The van der Waals surface area contributed by atoms with Crippen LogP contribution in [0, 0.1) is 0 Å². The van der Waals surface area contributed by atoms with Gasteiger partial charge in [0.1, 0.15) is 0 Å². The van der Waals surface area contributed by atoms with Gasteiger partial charge in [0.15, 0.2) is 0 Å². The summed E-state index contributed by atoms with van der Waals surface area (Å²) in [4.78, 5) is 23.6. The quantitative estimate of drug-likeness (QED) is 0.544. The summed E-state index contributed by atoms with van der Waals surface area (Å²) >= 11 is 0. The SMILES string of the molecule is O=C(O)CCCNC(=O)CN1CCCC(O)C1. The van der Waals surface area contributed by atoms with Crippen molar-refractivity contribution in [3.05, 3.63) is 0 Å². The molecule has 1 heterocycles. The van der Waals surface area contributed by atoms with Crippen molar-refractivity contribution in [3.63, 3.8) is 0 Å². The molecule has 1 unspecified atom stereocenters. The van der Waals surface area contributed by atoms with Crippen molar-refractivity contribution in [2.75, 3.05) is 26.2 Å². The van der Waals surface area contributed by atoms with Gasteiger partial charge in [-0.1, -0.05) is 0 Å². The summed E-state index contributed by atoms with van der Waals surface area (Å²) in [5.74, 6) is -0.956. The molecule has 0 saturated carbocycles. The average molecular weight is 244 g/mol. The molecule has 0 aromatic rings. The smallest absolute Gasteiger partial charge is 0.303 e. The van der Waals surface area contributed by atoms with Crippen LogP contribution in [0.5, 0.6) is 0 Å². The normalized spacial score (nSPS) is 21.1. The van der Waals surface area contributed by atoms with Gasteiger partial charge in [-0.25, -0.2) is 0 Å². The standard InChI is InChI=1S/C11H20N2O4/c14-9-3-2-6-13(7-9)8-10(15)12-5-1-4-11(16)17/h9,14H,1-8H2,(H,12,15)(H,16,17). The van der Waals surface area contributed by atoms with Gasteiger partial charge in [0.25, 0.3) is 0 Å². The molecule has 0 aliphatic carbocycles. The van der Waals surface area contributed by atoms with Crippen LogP contribution < -0.4 is 5.32 Å². The molecule has 0 aromatic carbocycles. The van der Waals surface area contributed by atoms with Crippen molar-refractivity contribution in [3.8, 4) is 0 Å². The molecule has 6 heteroatoms. The van der Waals surface area contributed by atoms with E-state index in [0.717, 1.165) is 19.4 Å². The maximum atomic E-state index is 11.5. The minimum Gasteiger partial charge on any atom is -0.481 e. The molecule has 98 valence electrons. The molecule has 1 aliphatic rings. The van der Waals surface area contributed by atoms with Crippen LogP contribution in [-0.2, 0) is 9.59 Å². The van der Waals surface area contributed by atoms with Crippen LogP contribution in [0.3, 0.4) is 0 Å². The highest BCUT2D eigenvalue weighted by molar-refractivity contribution is 5.78. The van der Waals surface area contributed by atoms with Crippen LogP contribution in [0.1, 0.15) is 25.7 Å². The van der Waals surface area contributed by atoms with Crippen molar-refractivity contribution in [1.82, 2.24) is 10.2 Å². The van der Waals surface area contributed by atoms with Gasteiger partial charge in [0, 0.05) is 19.5 Å². The number of piperidine rings is 1. The maximum Gasteiger partial charge on any atom is 0.303 e. The summed E-state index contributed by atoms with van der Waals surface area (Å²) in [6.45, 7) is 2.05. The van der Waals surface area contributed by atoms with E-state index < -0.39 is 5.97 Å². The number of carbonyl (C=O) groups excluding carboxylic acids is 1. The summed E-state index contributed by atoms with van der Waals surface area (Å²) in [5.41, 5.74) is 0. The molecular formula is C11H20N2O4. The van der Waals surface area contributed by atoms with E-state index in [1.165, 1.54) is 0 Å². The van der Waals surface area contributed by atoms with Gasteiger partial charge in [-0.05, 0) is 25.8 Å². The predicted octanol–water partition coefficient (Wildman–Crippen LogP) is -0.576. The fraction of sp³-hybridized carbons (Fsp3) is 0.818. The first-order valence-corrected chi connectivity index (χ1v) is 5.97. The largest absolute Gasteiger partial charge is 0.481 e. The van der Waals surface area contributed by atoms with Crippen molar-refractivity contribution in [2.24, 2.45) is 0 Å². The van der Waals surface area contributed by atoms with Crippen molar-refractivity contribution in [1.29, 1.82) is 0 Å². The summed E-state index contributed by atoms with van der Waals surface area (Å²) in [5, 5.41) is 20.5. The topological polar surface area (TPSA) is 89.9 Å². The van der Waals surface area contributed by atoms with Gasteiger partial charge >= 0.3 is 5.97 Å². The van der Waals surface area contributed by atoms with E-state index in [2.05, 4.69) is 5.32 Å². The van der Waals surface area contributed by atoms with Crippen molar-refractivity contribution < 1.29 is 19.8 Å². The number of hydrogen-bond donors (Lipinski definition) is 3. The zero-order chi connectivity index (χ0) is 12.7. The number of nitrogens with one attached hydrogen (secondary N) is 1. The van der Waals surface area contributed by atoms with Gasteiger partial charge in [0.05, 0.1) is 12.6 Å². The molecule has 1 saturated heterocycles. The first-order chi connectivity index (χ1) is 8.08. The molecule has 3 N–H and O–H groups in total. The number of hydrogen-bond acceptors (Lipinski definition) is 4. The van der Waals surface area contributed by atoms with Crippen LogP contribution in [0.2, 0.25) is 0 Å². The number of amides is 1. The van der Waals surface area contributed by atoms with E-state index in [9.17, 15) is 14.7 Å². The molecular weight excluding hydrogens is 224 g/mol. The number of carboxylic acids is 1. The number of β-amino-alcohol motifs (C(OH)–C–C–N with tert-alkyl or cyclic N) is 1. The van der Waals surface area contributed by atoms with Gasteiger partial charge < -0.3 is 15.5 Å². The number of rotatable bonds is 6. The lowest BCUT2D eigenvalue weighted by atomic mass is 10.1. The average Bonchev–Trinajstić information content (AvgIpc) is 2.24. The Morgan fingerprint density at radius 1 is 1.41 bits per heavy atom. The Labute approximate surface area is 101 Å². The van der Waals surface area contributed by atoms with Crippen molar-refractivity contribution >= 4 is 11.9 Å². The molecule has 1 atom stereocenters. The van der Waals surface area contributed by atoms with Crippen LogP contribution in [0.4, 0.5) is 0 Å². The third kappa shape index (κ3) is 6.23. The zero-order valence-corrected chi connectivity index (χ0v) is 9.89. The number of aliphatic hydroxyl groups excluding tert-OH is 1. The highest BCUT2D eigenvalue weighted by atomic mass is 16.4. The van der Waals surface area contributed by atoms with E-state index in [1.807, 2.05) is 4.90 Å². The molecule has 0 bridgehead atoms. The summed E-state index contributed by atoms with van der Waals surface area (Å²) in [6, 6.07) is 0. The molecule has 6 nitrogen and oxygen atoms in total. The third-order valence-corrected chi connectivity index (χ3v) is 2.74. The van der Waals surface area contributed by atoms with Crippen LogP contribution in [-0.4, -0.2) is 59.3 Å². The Kier molecular flexibility index (Phi) is 5.93. The molecule has 1 fully saturated rings. The summed E-state index contributed by atoms with van der Waals surface area (Å²) in [6.07, 6.45) is 1.90. The Morgan fingerprint density at radius 3 is 2.82 bits per heavy atom. The van der Waals surface area contributed by atoms with Gasteiger partial charge in [-0.15, -0.1) is 0 Å². The molecule has 0 radical (unpaired) electrons. The lowest BCUT2D eigenvalue weighted by Gasteiger charge is -2.29. The van der Waals surface area contributed by atoms with E-state index in [4.69, 9.17) is 5.11 Å². The third-order valence-electron chi connectivity index (χ3n) is 2.74. The lowest BCUT2D eigenvalue weighted by molar-refractivity contribution is -0.137. The zero-order valence-electron chi connectivity index (χ0n) is 9.89. The van der Waals surface area contributed by atoms with Gasteiger partial charge in [-0.2, -0.15) is 0 Å². The second-order valence-corrected chi connectivity index (χ2v) is 4.38. The second kappa shape index (κ2) is 7.24. The Morgan fingerprint density at radius 2 is 2.18 bits per heavy atom. The lowest BCUT2D eigenvalue weighted by Crippen LogP contribution is -2.44. The minimum atomic E-state index is -0.849. The minimum absolute atomic E-state index is 0.0721. The molecule has 0 spiro atoms. The first-order valence-electron chi connectivity index (χ1n) is 5.97. The second-order valence-electron chi connectivity index (χ2n) is 4.38. The van der Waals surface area contributed by atoms with Crippen LogP contribution in [0.15, 0.2) is 0 Å². The highest BCUT2D eigenvalue weighted by Crippen LogP contribution is 2.08. The Balaban J connectivity index is 2.09. The predicted molar refractivity (Wildman–Crippen MR) is 61.6 cm³/mol. The maximum absolute atomic E-state index is 11.5. The molecule has 1 amide bonds. The van der Waals surface area contributed by atoms with Crippen molar-refractivity contribution in [2.45, 2.75) is 31.8 Å². The number of aliphatic hydroxyl groups is 1. The molecule has 1 aliphatic heterocycles. The van der Waals surface area contributed by atoms with Gasteiger partial charge in [0.2, 0.25) is 5.91 Å². The van der Waals surface area contributed by atoms with Gasteiger partial charge in [-0.3, -0.25) is 14.5 Å². The fourth-order valence-corrected chi connectivity index (χ4v) is 1.90. The van der Waals surface area contributed by atoms with E-state index in [1.54, 1.807) is 0 Å². The van der Waals surface area contributed by atoms with Crippen LogP contribution in [0.25, 0.3) is 0 Å². The van der Waals surface area contributed by atoms with E-state index in [-0.39, 0.29) is 25.0 Å². The fourth-order valence-electron chi connectivity index (χ4n) is 1.90. The molecule has 1 rings (SSSR count). The van der Waals surface area contributed by atoms with E-state index in [0.29, 0.717) is 19.5 Å². The summed E-state index contributed by atoms with van der Waals surface area (Å²) < 4.78 is 0. The van der Waals surface area contributed by atoms with E-state index >= 15 is 0 Å². The number of carboxylic acid groups (broad SMARTS) is 1. The highest BCUT2D eigenvalue weighted by Gasteiger charge is 2.19. The number of nitrogens with zero attached hydrogens (tertiary/aromatic N) is 1. The molecule has 17 heavy (non-hydrogen) atoms. The Bertz CT molecular complexity index is 270. The monoisotopic (exact) mass is 244 g/mol. The summed E-state index contributed by atoms with van der Waals surface area (Å²) in [7, 11) is 0. The number of aliphatic carboxylic acids is 1. The number of carbonyl (C=O) groups is 2.